The van der Waals surface area contributed by atoms with Gasteiger partial charge >= 0.3 is 0 Å². The number of ether oxygens (including phenoxy) is 1. The van der Waals surface area contributed by atoms with Crippen molar-refractivity contribution in [3.8, 4) is 5.75 Å². The summed E-state index contributed by atoms with van der Waals surface area (Å²) in [6.45, 7) is 1.81. The van der Waals surface area contributed by atoms with E-state index in [2.05, 4.69) is 9.97 Å². The maximum Gasteiger partial charge on any atom is 0.175 e. The summed E-state index contributed by atoms with van der Waals surface area (Å²) in [5.74, 6) is 0.328. The van der Waals surface area contributed by atoms with Crippen LogP contribution in [0.4, 0.5) is 4.39 Å². The number of methoxy groups -OCH3 is 1. The highest BCUT2D eigenvalue weighted by atomic mass is 32.2. The zero-order chi connectivity index (χ0) is 16.4. The first kappa shape index (κ1) is 15.6. The van der Waals surface area contributed by atoms with Crippen LogP contribution in [0.25, 0.3) is 11.0 Å². The number of Topliss-reactive ketones (excluding diaryl/α,β-unsaturated/α-hetero) is 1. The first-order valence-corrected chi connectivity index (χ1v) is 7.95. The number of fused-ring (bicyclic) bond motifs is 1. The van der Waals surface area contributed by atoms with E-state index in [0.717, 1.165) is 16.8 Å². The Morgan fingerprint density at radius 3 is 2.70 bits per heavy atom. The fourth-order valence-electron chi connectivity index (χ4n) is 2.22. The molecule has 0 fully saturated rings. The summed E-state index contributed by atoms with van der Waals surface area (Å²) in [6, 6.07) is 11.1. The van der Waals surface area contributed by atoms with E-state index in [4.69, 9.17) is 4.74 Å². The number of thioether (sulfide) groups is 1. The molecule has 0 radical (unpaired) electrons. The standard InChI is InChI=1S/C17H15FN2O2S/c1-10(16(21)11-3-5-12(18)6-4-11)23-17-19-14-8-7-13(22-2)9-15(14)20-17/h3-10H,1-2H3,(H,19,20). The van der Waals surface area contributed by atoms with Crippen LogP contribution in [0, 0.1) is 5.82 Å². The number of nitrogens with one attached hydrogen (secondary N) is 1. The Morgan fingerprint density at radius 1 is 1.26 bits per heavy atom. The molecular formula is C17H15FN2O2S. The van der Waals surface area contributed by atoms with Crippen LogP contribution in [0.2, 0.25) is 0 Å². The van der Waals surface area contributed by atoms with Crippen LogP contribution >= 0.6 is 11.8 Å². The molecule has 6 heteroatoms. The molecule has 118 valence electrons. The van der Waals surface area contributed by atoms with Gasteiger partial charge in [-0.1, -0.05) is 11.8 Å². The molecule has 0 amide bonds. The third kappa shape index (κ3) is 3.37. The van der Waals surface area contributed by atoms with E-state index in [9.17, 15) is 9.18 Å². The van der Waals surface area contributed by atoms with Crippen molar-refractivity contribution >= 4 is 28.6 Å². The van der Waals surface area contributed by atoms with Gasteiger partial charge in [0.15, 0.2) is 10.9 Å². The lowest BCUT2D eigenvalue weighted by Crippen LogP contribution is -2.13. The summed E-state index contributed by atoms with van der Waals surface area (Å²) < 4.78 is 18.1. The van der Waals surface area contributed by atoms with Gasteiger partial charge in [0.25, 0.3) is 0 Å². The molecule has 0 aliphatic carbocycles. The normalized spacial score (nSPS) is 12.3. The Bertz CT molecular complexity index is 845. The summed E-state index contributed by atoms with van der Waals surface area (Å²) in [7, 11) is 1.61. The van der Waals surface area contributed by atoms with Crippen molar-refractivity contribution in [1.29, 1.82) is 0 Å². The first-order valence-electron chi connectivity index (χ1n) is 7.07. The van der Waals surface area contributed by atoms with Gasteiger partial charge in [0.2, 0.25) is 0 Å². The molecule has 3 aromatic rings. The summed E-state index contributed by atoms with van der Waals surface area (Å²) >= 11 is 1.34. The molecule has 0 saturated carbocycles. The second kappa shape index (κ2) is 6.42. The highest BCUT2D eigenvalue weighted by Gasteiger charge is 2.18. The van der Waals surface area contributed by atoms with Gasteiger partial charge in [0.05, 0.1) is 23.4 Å². The van der Waals surface area contributed by atoms with Crippen molar-refractivity contribution in [2.24, 2.45) is 0 Å². The molecule has 4 nitrogen and oxygen atoms in total. The summed E-state index contributed by atoms with van der Waals surface area (Å²) in [6.07, 6.45) is 0. The van der Waals surface area contributed by atoms with Crippen molar-refractivity contribution in [3.05, 3.63) is 53.8 Å². The molecule has 3 rings (SSSR count). The lowest BCUT2D eigenvalue weighted by Gasteiger charge is -2.08. The molecule has 0 saturated heterocycles. The number of nitrogens with zero attached hydrogens (tertiary/aromatic N) is 1. The monoisotopic (exact) mass is 330 g/mol. The fraction of sp³-hybridized carbons (Fsp3) is 0.176. The Hall–Kier alpha value is -2.34. The predicted molar refractivity (Wildman–Crippen MR) is 88.7 cm³/mol. The van der Waals surface area contributed by atoms with Gasteiger partial charge < -0.3 is 9.72 Å². The molecule has 1 aromatic heterocycles. The number of aromatic nitrogens is 2. The maximum absolute atomic E-state index is 12.9. The van der Waals surface area contributed by atoms with E-state index in [1.807, 2.05) is 25.1 Å². The quantitative estimate of drug-likeness (QED) is 0.566. The number of carbonyl (C=O) groups is 1. The first-order chi connectivity index (χ1) is 11.1. The molecule has 0 spiro atoms. The van der Waals surface area contributed by atoms with Gasteiger partial charge in [0.1, 0.15) is 11.6 Å². The number of halogens is 1. The summed E-state index contributed by atoms with van der Waals surface area (Å²) in [4.78, 5) is 20.0. The van der Waals surface area contributed by atoms with E-state index in [-0.39, 0.29) is 16.9 Å². The molecule has 1 N–H and O–H groups in total. The zero-order valence-corrected chi connectivity index (χ0v) is 13.5. The second-order valence-corrected chi connectivity index (χ2v) is 6.39. The van der Waals surface area contributed by atoms with Crippen LogP contribution in [0.3, 0.4) is 0 Å². The number of hydrogen-bond acceptors (Lipinski definition) is 4. The van der Waals surface area contributed by atoms with Crippen LogP contribution in [0.15, 0.2) is 47.6 Å². The Kier molecular flexibility index (Phi) is 4.34. The fourth-order valence-corrected chi connectivity index (χ4v) is 3.12. The molecule has 2 aromatic carbocycles. The third-order valence-electron chi connectivity index (χ3n) is 3.45. The van der Waals surface area contributed by atoms with E-state index < -0.39 is 0 Å². The number of benzene rings is 2. The molecular weight excluding hydrogens is 315 g/mol. The van der Waals surface area contributed by atoms with Gasteiger partial charge in [-0.2, -0.15) is 0 Å². The molecule has 1 atom stereocenters. The summed E-state index contributed by atoms with van der Waals surface area (Å²) in [5, 5.41) is 0.333. The van der Waals surface area contributed by atoms with Crippen LogP contribution < -0.4 is 4.74 Å². The van der Waals surface area contributed by atoms with Crippen molar-refractivity contribution in [2.45, 2.75) is 17.3 Å². The highest BCUT2D eigenvalue weighted by Crippen LogP contribution is 2.27. The number of rotatable bonds is 5. The smallest absolute Gasteiger partial charge is 0.175 e. The number of H-pyrrole nitrogens is 1. The van der Waals surface area contributed by atoms with Crippen molar-refractivity contribution in [1.82, 2.24) is 9.97 Å². The number of carbonyl (C=O) groups excluding carboxylic acids is 1. The van der Waals surface area contributed by atoms with Crippen molar-refractivity contribution < 1.29 is 13.9 Å². The number of aromatic amines is 1. The minimum absolute atomic E-state index is 0.0620. The molecule has 1 heterocycles. The molecule has 23 heavy (non-hydrogen) atoms. The van der Waals surface area contributed by atoms with E-state index in [1.165, 1.54) is 36.0 Å². The van der Waals surface area contributed by atoms with Gasteiger partial charge in [-0.05, 0) is 43.3 Å². The summed E-state index contributed by atoms with van der Waals surface area (Å²) in [5.41, 5.74) is 2.16. The zero-order valence-electron chi connectivity index (χ0n) is 12.7. The number of hydrogen-bond donors (Lipinski definition) is 1. The van der Waals surface area contributed by atoms with Crippen molar-refractivity contribution in [3.63, 3.8) is 0 Å². The van der Waals surface area contributed by atoms with Gasteiger partial charge in [-0.3, -0.25) is 4.79 Å². The number of imidazole rings is 1. The van der Waals surface area contributed by atoms with Gasteiger partial charge in [-0.15, -0.1) is 0 Å². The van der Waals surface area contributed by atoms with Gasteiger partial charge in [-0.25, -0.2) is 9.37 Å². The van der Waals surface area contributed by atoms with E-state index in [0.29, 0.717) is 10.7 Å². The van der Waals surface area contributed by atoms with Crippen molar-refractivity contribution in [2.75, 3.05) is 7.11 Å². The molecule has 0 aliphatic rings. The third-order valence-corrected chi connectivity index (χ3v) is 4.44. The highest BCUT2D eigenvalue weighted by molar-refractivity contribution is 8.00. The molecule has 1 unspecified atom stereocenters. The van der Waals surface area contributed by atoms with Crippen LogP contribution in [0.5, 0.6) is 5.75 Å². The second-order valence-electron chi connectivity index (χ2n) is 5.06. The SMILES string of the molecule is COc1ccc2nc(SC(C)C(=O)c3ccc(F)cc3)[nH]c2c1. The molecule has 0 aliphatic heterocycles. The maximum atomic E-state index is 12.9. The minimum atomic E-state index is -0.354. The Morgan fingerprint density at radius 2 is 2.00 bits per heavy atom. The largest absolute Gasteiger partial charge is 0.497 e. The van der Waals surface area contributed by atoms with Crippen LogP contribution in [0.1, 0.15) is 17.3 Å². The average molecular weight is 330 g/mol. The molecule has 0 bridgehead atoms. The van der Waals surface area contributed by atoms with E-state index >= 15 is 0 Å². The lowest BCUT2D eigenvalue weighted by atomic mass is 10.1. The lowest BCUT2D eigenvalue weighted by molar-refractivity contribution is 0.0994. The Balaban J connectivity index is 1.77. The average Bonchev–Trinajstić information content (AvgIpc) is 2.95. The topological polar surface area (TPSA) is 55.0 Å². The van der Waals surface area contributed by atoms with Crippen LogP contribution in [-0.4, -0.2) is 28.1 Å². The number of ketones is 1. The predicted octanol–water partition coefficient (Wildman–Crippen LogP) is 4.07. The van der Waals surface area contributed by atoms with Crippen LogP contribution in [-0.2, 0) is 0 Å². The minimum Gasteiger partial charge on any atom is -0.497 e. The van der Waals surface area contributed by atoms with E-state index in [1.54, 1.807) is 7.11 Å². The van der Waals surface area contributed by atoms with Gasteiger partial charge in [0, 0.05) is 11.6 Å². The Labute approximate surface area is 137 Å².